The van der Waals surface area contributed by atoms with Crippen LogP contribution in [0.4, 0.5) is 5.69 Å². The number of hydrogen-bond donors (Lipinski definition) is 2. The molecule has 2 aromatic carbocycles. The van der Waals surface area contributed by atoms with Crippen molar-refractivity contribution in [3.63, 3.8) is 0 Å². The third-order valence-corrected chi connectivity index (χ3v) is 2.80. The second-order valence-electron chi connectivity index (χ2n) is 4.09. The number of nitrogens with zero attached hydrogens (tertiary/aromatic N) is 3. The number of methoxy groups -OCH3 is 1. The second-order valence-corrected chi connectivity index (χ2v) is 4.09. The van der Waals surface area contributed by atoms with Gasteiger partial charge in [0.1, 0.15) is 28.2 Å². The summed E-state index contributed by atoms with van der Waals surface area (Å²) in [5.41, 5.74) is 8.07. The third kappa shape index (κ3) is 1.93. The number of ether oxygens (including phenoxy) is 1. The smallest absolute Gasteiger partial charge is 0.143 e. The molecule has 19 heavy (non-hydrogen) atoms. The molecule has 0 saturated heterocycles. The fraction of sp³-hybridized carbons (Fsp3) is 0.0769. The molecule has 96 valence electrons. The Morgan fingerprint density at radius 3 is 2.68 bits per heavy atom. The van der Waals surface area contributed by atoms with E-state index in [2.05, 4.69) is 10.2 Å². The SMILES string of the molecule is COc1ccc2nn(-c3cc(N)ccc3O)nc2c1. The number of hydrogen-bond acceptors (Lipinski definition) is 5. The second kappa shape index (κ2) is 4.16. The van der Waals surface area contributed by atoms with Crippen molar-refractivity contribution < 1.29 is 9.84 Å². The molecule has 0 saturated carbocycles. The standard InChI is InChI=1S/C13H12N4O2/c1-19-9-3-4-10-11(7-9)16-17(15-10)12-6-8(14)2-5-13(12)18/h2-7,18H,14H2,1H3. The van der Waals surface area contributed by atoms with E-state index >= 15 is 0 Å². The Kier molecular flexibility index (Phi) is 2.49. The van der Waals surface area contributed by atoms with Gasteiger partial charge in [-0.2, -0.15) is 0 Å². The molecule has 0 aliphatic heterocycles. The maximum absolute atomic E-state index is 9.83. The lowest BCUT2D eigenvalue weighted by molar-refractivity contribution is 0.415. The number of benzene rings is 2. The summed E-state index contributed by atoms with van der Waals surface area (Å²) in [4.78, 5) is 1.36. The van der Waals surface area contributed by atoms with Crippen LogP contribution in [0.2, 0.25) is 0 Å². The van der Waals surface area contributed by atoms with Crippen LogP contribution in [-0.4, -0.2) is 27.2 Å². The molecule has 3 rings (SSSR count). The van der Waals surface area contributed by atoms with Gasteiger partial charge in [0.25, 0.3) is 0 Å². The summed E-state index contributed by atoms with van der Waals surface area (Å²) in [7, 11) is 1.59. The summed E-state index contributed by atoms with van der Waals surface area (Å²) < 4.78 is 5.13. The molecule has 3 aromatic rings. The summed E-state index contributed by atoms with van der Waals surface area (Å²) in [5, 5.41) is 18.4. The molecule has 0 radical (unpaired) electrons. The van der Waals surface area contributed by atoms with Gasteiger partial charge in [-0.05, 0) is 30.3 Å². The molecular weight excluding hydrogens is 244 g/mol. The number of rotatable bonds is 2. The molecule has 0 unspecified atom stereocenters. The molecule has 0 aliphatic carbocycles. The van der Waals surface area contributed by atoms with Crippen LogP contribution in [0.3, 0.4) is 0 Å². The number of phenolic OH excluding ortho intramolecular Hbond substituents is 1. The van der Waals surface area contributed by atoms with E-state index in [1.54, 1.807) is 37.4 Å². The molecule has 1 aromatic heterocycles. The lowest BCUT2D eigenvalue weighted by Gasteiger charge is -2.03. The predicted octanol–water partition coefficient (Wildman–Crippen LogP) is 1.72. The highest BCUT2D eigenvalue weighted by Gasteiger charge is 2.09. The zero-order valence-corrected chi connectivity index (χ0v) is 10.2. The van der Waals surface area contributed by atoms with Gasteiger partial charge >= 0.3 is 0 Å². The van der Waals surface area contributed by atoms with Crippen LogP contribution in [0.5, 0.6) is 11.5 Å². The van der Waals surface area contributed by atoms with Crippen molar-refractivity contribution in [2.75, 3.05) is 12.8 Å². The molecule has 0 atom stereocenters. The highest BCUT2D eigenvalue weighted by molar-refractivity contribution is 5.76. The van der Waals surface area contributed by atoms with Gasteiger partial charge < -0.3 is 15.6 Å². The topological polar surface area (TPSA) is 86.2 Å². The van der Waals surface area contributed by atoms with Crippen LogP contribution in [0.15, 0.2) is 36.4 Å². The molecule has 0 bridgehead atoms. The predicted molar refractivity (Wildman–Crippen MR) is 71.5 cm³/mol. The molecule has 0 spiro atoms. The van der Waals surface area contributed by atoms with Crippen LogP contribution in [0, 0.1) is 0 Å². The van der Waals surface area contributed by atoms with Gasteiger partial charge in [-0.3, -0.25) is 0 Å². The Bertz CT molecular complexity index is 751. The quantitative estimate of drug-likeness (QED) is 0.538. The van der Waals surface area contributed by atoms with Crippen LogP contribution in [-0.2, 0) is 0 Å². The van der Waals surface area contributed by atoms with E-state index < -0.39 is 0 Å². The summed E-state index contributed by atoms with van der Waals surface area (Å²) in [6.07, 6.45) is 0. The van der Waals surface area contributed by atoms with E-state index in [9.17, 15) is 5.11 Å². The largest absolute Gasteiger partial charge is 0.506 e. The summed E-state index contributed by atoms with van der Waals surface area (Å²) >= 11 is 0. The first-order chi connectivity index (χ1) is 9.17. The van der Waals surface area contributed by atoms with Gasteiger partial charge in [-0.25, -0.2) is 0 Å². The third-order valence-electron chi connectivity index (χ3n) is 2.80. The number of nitrogen functional groups attached to an aromatic ring is 1. The number of fused-ring (bicyclic) bond motifs is 1. The lowest BCUT2D eigenvalue weighted by atomic mass is 10.2. The summed E-state index contributed by atoms with van der Waals surface area (Å²) in [6.45, 7) is 0. The Labute approximate surface area is 109 Å². The van der Waals surface area contributed by atoms with Gasteiger partial charge in [0.2, 0.25) is 0 Å². The lowest BCUT2D eigenvalue weighted by Crippen LogP contribution is -2.00. The fourth-order valence-electron chi connectivity index (χ4n) is 1.83. The van der Waals surface area contributed by atoms with E-state index in [1.807, 2.05) is 0 Å². The maximum atomic E-state index is 9.83. The van der Waals surface area contributed by atoms with E-state index in [0.29, 0.717) is 28.2 Å². The van der Waals surface area contributed by atoms with Crippen LogP contribution >= 0.6 is 0 Å². The first-order valence-corrected chi connectivity index (χ1v) is 5.67. The first kappa shape index (κ1) is 11.3. The molecule has 0 amide bonds. The van der Waals surface area contributed by atoms with Crippen LogP contribution in [0.1, 0.15) is 0 Å². The van der Waals surface area contributed by atoms with Gasteiger partial charge in [0, 0.05) is 11.8 Å². The Balaban J connectivity index is 2.17. The molecule has 0 fully saturated rings. The average molecular weight is 256 g/mol. The van der Waals surface area contributed by atoms with E-state index in [-0.39, 0.29) is 5.75 Å². The number of nitrogens with two attached hydrogens (primary N) is 1. The van der Waals surface area contributed by atoms with Crippen molar-refractivity contribution >= 4 is 16.7 Å². The molecule has 6 heteroatoms. The minimum absolute atomic E-state index is 0.0708. The highest BCUT2D eigenvalue weighted by atomic mass is 16.5. The number of aromatic hydroxyl groups is 1. The zero-order chi connectivity index (χ0) is 13.4. The fourth-order valence-corrected chi connectivity index (χ4v) is 1.83. The first-order valence-electron chi connectivity index (χ1n) is 5.67. The summed E-state index contributed by atoms with van der Waals surface area (Å²) in [6, 6.07) is 10.1. The number of anilines is 1. The molecular formula is C13H12N4O2. The van der Waals surface area contributed by atoms with Crippen molar-refractivity contribution in [1.29, 1.82) is 0 Å². The average Bonchev–Trinajstić information content (AvgIpc) is 2.83. The van der Waals surface area contributed by atoms with Crippen molar-refractivity contribution in [3.8, 4) is 17.2 Å². The van der Waals surface area contributed by atoms with Crippen molar-refractivity contribution in [2.45, 2.75) is 0 Å². The van der Waals surface area contributed by atoms with Gasteiger partial charge in [0.15, 0.2) is 0 Å². The molecule has 0 aliphatic rings. The van der Waals surface area contributed by atoms with E-state index in [4.69, 9.17) is 10.5 Å². The van der Waals surface area contributed by atoms with Gasteiger partial charge in [0.05, 0.1) is 7.11 Å². The van der Waals surface area contributed by atoms with Crippen LogP contribution < -0.4 is 10.5 Å². The Morgan fingerprint density at radius 2 is 1.89 bits per heavy atom. The Hall–Kier alpha value is -2.76. The van der Waals surface area contributed by atoms with E-state index in [0.717, 1.165) is 0 Å². The van der Waals surface area contributed by atoms with E-state index in [1.165, 1.54) is 10.9 Å². The molecule has 3 N–H and O–H groups in total. The summed E-state index contributed by atoms with van der Waals surface area (Å²) in [5.74, 6) is 0.776. The minimum atomic E-state index is 0.0708. The minimum Gasteiger partial charge on any atom is -0.506 e. The maximum Gasteiger partial charge on any atom is 0.143 e. The molecule has 6 nitrogen and oxygen atoms in total. The number of aromatic nitrogens is 3. The van der Waals surface area contributed by atoms with Crippen molar-refractivity contribution in [1.82, 2.24) is 15.0 Å². The van der Waals surface area contributed by atoms with Crippen molar-refractivity contribution in [2.24, 2.45) is 0 Å². The van der Waals surface area contributed by atoms with Gasteiger partial charge in [-0.1, -0.05) is 0 Å². The van der Waals surface area contributed by atoms with Crippen LogP contribution in [0.25, 0.3) is 16.7 Å². The number of phenols is 1. The van der Waals surface area contributed by atoms with Gasteiger partial charge in [-0.15, -0.1) is 15.0 Å². The van der Waals surface area contributed by atoms with Crippen molar-refractivity contribution in [3.05, 3.63) is 36.4 Å². The molecule has 1 heterocycles. The monoisotopic (exact) mass is 256 g/mol. The Morgan fingerprint density at radius 1 is 1.11 bits per heavy atom. The highest BCUT2D eigenvalue weighted by Crippen LogP contribution is 2.25. The zero-order valence-electron chi connectivity index (χ0n) is 10.2. The normalized spacial score (nSPS) is 10.8.